The summed E-state index contributed by atoms with van der Waals surface area (Å²) in [7, 11) is 0. The Morgan fingerprint density at radius 3 is 2.70 bits per heavy atom. The van der Waals surface area contributed by atoms with Crippen LogP contribution in [-0.4, -0.2) is 35.1 Å². The van der Waals surface area contributed by atoms with Crippen LogP contribution >= 0.6 is 0 Å². The quantitative estimate of drug-likeness (QED) is 0.894. The Morgan fingerprint density at radius 1 is 1.15 bits per heavy atom. The number of aliphatic hydroxyl groups excluding tert-OH is 1. The molecule has 3 nitrogen and oxygen atoms in total. The molecule has 1 aromatic rings. The van der Waals surface area contributed by atoms with E-state index >= 15 is 0 Å². The molecule has 1 saturated heterocycles. The molecular formula is C17H21NO2. The molecule has 0 aromatic heterocycles. The van der Waals surface area contributed by atoms with Crippen molar-refractivity contribution < 1.29 is 9.90 Å². The maximum atomic E-state index is 12.6. The third-order valence-corrected chi connectivity index (χ3v) is 5.47. The minimum absolute atomic E-state index is 0.179. The van der Waals surface area contributed by atoms with E-state index in [0.717, 1.165) is 32.4 Å². The third kappa shape index (κ3) is 1.96. The molecule has 3 heteroatoms. The lowest BCUT2D eigenvalue weighted by molar-refractivity contribution is -0.132. The van der Waals surface area contributed by atoms with Crippen molar-refractivity contribution in [1.82, 2.24) is 4.90 Å². The molecule has 0 bridgehead atoms. The van der Waals surface area contributed by atoms with Gasteiger partial charge in [0.1, 0.15) is 0 Å². The van der Waals surface area contributed by atoms with E-state index < -0.39 is 0 Å². The van der Waals surface area contributed by atoms with Crippen molar-refractivity contribution in [3.05, 3.63) is 35.9 Å². The van der Waals surface area contributed by atoms with Gasteiger partial charge >= 0.3 is 0 Å². The highest BCUT2D eigenvalue weighted by molar-refractivity contribution is 5.83. The van der Waals surface area contributed by atoms with E-state index in [0.29, 0.717) is 23.7 Å². The Balaban J connectivity index is 1.41. The molecule has 2 saturated carbocycles. The van der Waals surface area contributed by atoms with Gasteiger partial charge < -0.3 is 10.0 Å². The van der Waals surface area contributed by atoms with Crippen molar-refractivity contribution in [1.29, 1.82) is 0 Å². The highest BCUT2D eigenvalue weighted by Crippen LogP contribution is 2.49. The molecule has 3 aliphatic rings. The molecule has 0 radical (unpaired) electrons. The average molecular weight is 271 g/mol. The Kier molecular flexibility index (Phi) is 2.84. The molecule has 4 rings (SSSR count). The molecule has 20 heavy (non-hydrogen) atoms. The van der Waals surface area contributed by atoms with Gasteiger partial charge in [0, 0.05) is 24.9 Å². The second-order valence-corrected chi connectivity index (χ2v) is 6.67. The first-order valence-corrected chi connectivity index (χ1v) is 7.76. The van der Waals surface area contributed by atoms with E-state index in [9.17, 15) is 9.90 Å². The first-order valence-electron chi connectivity index (χ1n) is 7.76. The van der Waals surface area contributed by atoms with Crippen LogP contribution in [0.15, 0.2) is 30.3 Å². The average Bonchev–Trinajstić information content (AvgIpc) is 3.05. The molecule has 1 aliphatic heterocycles. The second kappa shape index (κ2) is 4.59. The summed E-state index contributed by atoms with van der Waals surface area (Å²) >= 11 is 0. The SMILES string of the molecule is O=C(C1CC1c1ccccc1)N1CC2CCC(O)C2C1. The highest BCUT2D eigenvalue weighted by Gasteiger charge is 2.50. The summed E-state index contributed by atoms with van der Waals surface area (Å²) in [6.07, 6.45) is 2.83. The molecule has 2 aliphatic carbocycles. The lowest BCUT2D eigenvalue weighted by Crippen LogP contribution is -2.32. The fourth-order valence-electron chi connectivity index (χ4n) is 4.19. The molecule has 5 unspecified atom stereocenters. The van der Waals surface area contributed by atoms with E-state index in [1.54, 1.807) is 0 Å². The van der Waals surface area contributed by atoms with Crippen molar-refractivity contribution in [2.45, 2.75) is 31.3 Å². The number of benzene rings is 1. The molecule has 5 atom stereocenters. The first kappa shape index (κ1) is 12.4. The lowest BCUT2D eigenvalue weighted by Gasteiger charge is -2.18. The Morgan fingerprint density at radius 2 is 1.95 bits per heavy atom. The summed E-state index contributed by atoms with van der Waals surface area (Å²) in [6, 6.07) is 10.4. The number of likely N-dealkylation sites (tertiary alicyclic amines) is 1. The van der Waals surface area contributed by atoms with Gasteiger partial charge in [-0.3, -0.25) is 4.79 Å². The zero-order chi connectivity index (χ0) is 13.7. The largest absolute Gasteiger partial charge is 0.393 e. The maximum Gasteiger partial charge on any atom is 0.226 e. The van der Waals surface area contributed by atoms with Crippen molar-refractivity contribution in [3.8, 4) is 0 Å². The number of rotatable bonds is 2. The van der Waals surface area contributed by atoms with E-state index in [4.69, 9.17) is 0 Å². The van der Waals surface area contributed by atoms with Crippen molar-refractivity contribution >= 4 is 5.91 Å². The fourth-order valence-corrected chi connectivity index (χ4v) is 4.19. The van der Waals surface area contributed by atoms with E-state index in [1.807, 2.05) is 23.1 Å². The number of fused-ring (bicyclic) bond motifs is 1. The summed E-state index contributed by atoms with van der Waals surface area (Å²) in [5.41, 5.74) is 1.30. The number of carbonyl (C=O) groups is 1. The number of aliphatic hydroxyl groups is 1. The number of hydrogen-bond acceptors (Lipinski definition) is 2. The zero-order valence-corrected chi connectivity index (χ0v) is 11.6. The Bertz CT molecular complexity index is 515. The van der Waals surface area contributed by atoms with Crippen LogP contribution in [0, 0.1) is 17.8 Å². The van der Waals surface area contributed by atoms with Crippen molar-refractivity contribution in [2.24, 2.45) is 17.8 Å². The number of nitrogens with zero attached hydrogens (tertiary/aromatic N) is 1. The molecule has 106 valence electrons. The summed E-state index contributed by atoms with van der Waals surface area (Å²) in [5.74, 6) is 1.82. The summed E-state index contributed by atoms with van der Waals surface area (Å²) in [4.78, 5) is 14.6. The topological polar surface area (TPSA) is 40.5 Å². The standard InChI is InChI=1S/C17H21NO2/c19-16-7-6-12-9-18(10-15(12)16)17(20)14-8-13(14)11-4-2-1-3-5-11/h1-5,12-16,19H,6-10H2. The minimum atomic E-state index is -0.179. The number of amides is 1. The number of hydrogen-bond donors (Lipinski definition) is 1. The number of carbonyl (C=O) groups excluding carboxylic acids is 1. The lowest BCUT2D eigenvalue weighted by atomic mass is 10.00. The van der Waals surface area contributed by atoms with Gasteiger partial charge in [-0.1, -0.05) is 30.3 Å². The van der Waals surface area contributed by atoms with Gasteiger partial charge in [0.2, 0.25) is 5.91 Å². The highest BCUT2D eigenvalue weighted by atomic mass is 16.3. The fraction of sp³-hybridized carbons (Fsp3) is 0.588. The Labute approximate surface area is 119 Å². The van der Waals surface area contributed by atoms with Gasteiger partial charge in [-0.25, -0.2) is 0 Å². The van der Waals surface area contributed by atoms with Gasteiger partial charge in [0.05, 0.1) is 6.10 Å². The van der Waals surface area contributed by atoms with Crippen LogP contribution in [0.5, 0.6) is 0 Å². The van der Waals surface area contributed by atoms with Crippen LogP contribution in [0.25, 0.3) is 0 Å². The van der Waals surface area contributed by atoms with E-state index in [1.165, 1.54) is 5.56 Å². The van der Waals surface area contributed by atoms with Gasteiger partial charge in [-0.05, 0) is 36.7 Å². The molecule has 1 N–H and O–H groups in total. The van der Waals surface area contributed by atoms with Crippen molar-refractivity contribution in [3.63, 3.8) is 0 Å². The van der Waals surface area contributed by atoms with E-state index in [-0.39, 0.29) is 12.0 Å². The third-order valence-electron chi connectivity index (χ3n) is 5.47. The van der Waals surface area contributed by atoms with Crippen LogP contribution < -0.4 is 0 Å². The second-order valence-electron chi connectivity index (χ2n) is 6.67. The molecule has 1 aromatic carbocycles. The van der Waals surface area contributed by atoms with Gasteiger partial charge in [0.25, 0.3) is 0 Å². The van der Waals surface area contributed by atoms with Crippen LogP contribution in [0.1, 0.15) is 30.7 Å². The zero-order valence-electron chi connectivity index (χ0n) is 11.6. The first-order chi connectivity index (χ1) is 9.74. The van der Waals surface area contributed by atoms with Gasteiger partial charge in [-0.2, -0.15) is 0 Å². The molecule has 1 amide bonds. The van der Waals surface area contributed by atoms with Gasteiger partial charge in [0.15, 0.2) is 0 Å². The van der Waals surface area contributed by atoms with Crippen molar-refractivity contribution in [2.75, 3.05) is 13.1 Å². The molecule has 0 spiro atoms. The van der Waals surface area contributed by atoms with Crippen LogP contribution in [0.4, 0.5) is 0 Å². The van der Waals surface area contributed by atoms with Crippen LogP contribution in [-0.2, 0) is 4.79 Å². The Hall–Kier alpha value is -1.35. The minimum Gasteiger partial charge on any atom is -0.393 e. The molecule has 3 fully saturated rings. The smallest absolute Gasteiger partial charge is 0.226 e. The molecule has 1 heterocycles. The maximum absolute atomic E-state index is 12.6. The van der Waals surface area contributed by atoms with Gasteiger partial charge in [-0.15, -0.1) is 0 Å². The predicted molar refractivity (Wildman–Crippen MR) is 76.1 cm³/mol. The van der Waals surface area contributed by atoms with E-state index in [2.05, 4.69) is 12.1 Å². The summed E-state index contributed by atoms with van der Waals surface area (Å²) in [5, 5.41) is 9.95. The van der Waals surface area contributed by atoms with Crippen LogP contribution in [0.3, 0.4) is 0 Å². The normalized spacial score (nSPS) is 38.9. The predicted octanol–water partition coefficient (Wildman–Crippen LogP) is 2.02. The molecular weight excluding hydrogens is 250 g/mol. The summed E-state index contributed by atoms with van der Waals surface area (Å²) < 4.78 is 0. The summed E-state index contributed by atoms with van der Waals surface area (Å²) in [6.45, 7) is 1.65. The van der Waals surface area contributed by atoms with Crippen LogP contribution in [0.2, 0.25) is 0 Å². The monoisotopic (exact) mass is 271 g/mol.